The Morgan fingerprint density at radius 1 is 1.26 bits per heavy atom. The fourth-order valence-corrected chi connectivity index (χ4v) is 5.01. The molecule has 0 bridgehead atoms. The third kappa shape index (κ3) is 4.38. The number of piperidine rings is 1. The van der Waals surface area contributed by atoms with Crippen LogP contribution in [0.5, 0.6) is 0 Å². The van der Waals surface area contributed by atoms with E-state index in [2.05, 4.69) is 17.6 Å². The van der Waals surface area contributed by atoms with E-state index in [1.165, 1.54) is 6.07 Å². The molecule has 1 spiro atoms. The largest absolute Gasteiger partial charge is 0.367 e. The lowest BCUT2D eigenvalue weighted by atomic mass is 9.77. The van der Waals surface area contributed by atoms with E-state index in [9.17, 15) is 18.8 Å². The van der Waals surface area contributed by atoms with Crippen molar-refractivity contribution in [2.75, 3.05) is 24.5 Å². The Bertz CT molecular complexity index is 882. The van der Waals surface area contributed by atoms with Gasteiger partial charge in [0.1, 0.15) is 17.9 Å². The van der Waals surface area contributed by atoms with Crippen LogP contribution in [0.15, 0.2) is 18.2 Å². The number of nitrogens with zero attached hydrogens (tertiary/aromatic N) is 2. The van der Waals surface area contributed by atoms with Gasteiger partial charge in [0, 0.05) is 19.1 Å². The summed E-state index contributed by atoms with van der Waals surface area (Å²) in [4.78, 5) is 41.0. The van der Waals surface area contributed by atoms with E-state index in [4.69, 9.17) is 0 Å². The highest BCUT2D eigenvalue weighted by Gasteiger charge is 2.52. The van der Waals surface area contributed by atoms with E-state index in [0.717, 1.165) is 42.7 Å². The first-order valence-electron chi connectivity index (χ1n) is 11.2. The van der Waals surface area contributed by atoms with Gasteiger partial charge in [-0.15, -0.1) is 0 Å². The molecule has 168 valence electrons. The molecule has 8 heteroatoms. The lowest BCUT2D eigenvalue weighted by molar-refractivity contribution is -0.136. The molecule has 2 N–H and O–H groups in total. The number of nitrogens with one attached hydrogen (secondary N) is 2. The third-order valence-corrected chi connectivity index (χ3v) is 6.90. The Balaban J connectivity index is 1.36. The molecular weight excluding hydrogens is 399 g/mol. The smallest absolute Gasteiger partial charge is 0.325 e. The lowest BCUT2D eigenvalue weighted by Gasteiger charge is -2.35. The molecule has 0 aromatic heterocycles. The Hall–Kier alpha value is -2.64. The summed E-state index contributed by atoms with van der Waals surface area (Å²) in [5.41, 5.74) is 0.683. The molecule has 0 radical (unpaired) electrons. The summed E-state index contributed by atoms with van der Waals surface area (Å²) < 4.78 is 14.3. The SMILES string of the molecule is Cc1ccc(F)c(N2CCCC(NC(=O)CN3C(=O)NC4(CCC(C)CC4)C3=O)C2)c1. The Morgan fingerprint density at radius 2 is 2.00 bits per heavy atom. The molecule has 1 aliphatic carbocycles. The molecule has 4 rings (SSSR count). The van der Waals surface area contributed by atoms with Crippen molar-refractivity contribution in [3.05, 3.63) is 29.6 Å². The molecule has 31 heavy (non-hydrogen) atoms. The van der Waals surface area contributed by atoms with Crippen LogP contribution < -0.4 is 15.5 Å². The standard InChI is InChI=1S/C23H31FN4O3/c1-15-7-9-23(10-8-15)21(30)28(22(31)26-23)14-20(29)25-17-4-3-11-27(13-17)19-12-16(2)5-6-18(19)24/h5-6,12,15,17H,3-4,7-11,13-14H2,1-2H3,(H,25,29)(H,26,31). The number of hydrogen-bond acceptors (Lipinski definition) is 4. The van der Waals surface area contributed by atoms with Gasteiger partial charge in [-0.05, 0) is 69.1 Å². The van der Waals surface area contributed by atoms with Gasteiger partial charge in [0.05, 0.1) is 5.69 Å². The molecule has 3 aliphatic rings. The second kappa shape index (κ2) is 8.48. The zero-order chi connectivity index (χ0) is 22.2. The van der Waals surface area contributed by atoms with E-state index < -0.39 is 11.6 Å². The first kappa shape index (κ1) is 21.6. The van der Waals surface area contributed by atoms with Gasteiger partial charge in [-0.1, -0.05) is 13.0 Å². The van der Waals surface area contributed by atoms with Crippen LogP contribution in [0, 0.1) is 18.7 Å². The summed E-state index contributed by atoms with van der Waals surface area (Å²) in [5.74, 6) is -0.378. The summed E-state index contributed by atoms with van der Waals surface area (Å²) in [6, 6.07) is 4.37. The number of hydrogen-bond donors (Lipinski definition) is 2. The molecule has 1 unspecified atom stereocenters. The highest BCUT2D eigenvalue weighted by atomic mass is 19.1. The van der Waals surface area contributed by atoms with E-state index in [1.807, 2.05) is 17.9 Å². The number of carbonyl (C=O) groups is 3. The molecule has 2 saturated heterocycles. The molecule has 3 fully saturated rings. The average Bonchev–Trinajstić information content (AvgIpc) is 2.96. The average molecular weight is 431 g/mol. The number of amides is 4. The van der Waals surface area contributed by atoms with Crippen LogP contribution in [0.1, 0.15) is 51.0 Å². The highest BCUT2D eigenvalue weighted by molar-refractivity contribution is 6.09. The van der Waals surface area contributed by atoms with Crippen molar-refractivity contribution in [1.82, 2.24) is 15.5 Å². The summed E-state index contributed by atoms with van der Waals surface area (Å²) >= 11 is 0. The van der Waals surface area contributed by atoms with Gasteiger partial charge >= 0.3 is 6.03 Å². The Morgan fingerprint density at radius 3 is 2.74 bits per heavy atom. The zero-order valence-corrected chi connectivity index (χ0v) is 18.2. The Labute approximate surface area is 182 Å². The number of benzene rings is 1. The van der Waals surface area contributed by atoms with E-state index in [0.29, 0.717) is 31.0 Å². The predicted molar refractivity (Wildman–Crippen MR) is 115 cm³/mol. The van der Waals surface area contributed by atoms with E-state index in [-0.39, 0.29) is 30.2 Å². The van der Waals surface area contributed by atoms with Gasteiger partial charge in [0.2, 0.25) is 5.91 Å². The normalized spacial score (nSPS) is 28.7. The second-order valence-corrected chi connectivity index (χ2v) is 9.39. The molecule has 2 aliphatic heterocycles. The van der Waals surface area contributed by atoms with Gasteiger partial charge < -0.3 is 15.5 Å². The summed E-state index contributed by atoms with van der Waals surface area (Å²) in [5, 5.41) is 5.79. The minimum Gasteiger partial charge on any atom is -0.367 e. The quantitative estimate of drug-likeness (QED) is 0.720. The van der Waals surface area contributed by atoms with Crippen molar-refractivity contribution in [1.29, 1.82) is 0 Å². The highest BCUT2D eigenvalue weighted by Crippen LogP contribution is 2.36. The van der Waals surface area contributed by atoms with Gasteiger partial charge in [-0.3, -0.25) is 14.5 Å². The molecule has 1 aromatic carbocycles. The van der Waals surface area contributed by atoms with Crippen molar-refractivity contribution in [2.45, 2.75) is 64.0 Å². The minimum absolute atomic E-state index is 0.161. The van der Waals surface area contributed by atoms with Crippen molar-refractivity contribution in [2.24, 2.45) is 5.92 Å². The Kier molecular flexibility index (Phi) is 5.90. The van der Waals surface area contributed by atoms with Crippen LogP contribution >= 0.6 is 0 Å². The van der Waals surface area contributed by atoms with Crippen LogP contribution in [0.3, 0.4) is 0 Å². The van der Waals surface area contributed by atoms with Gasteiger partial charge in [0.15, 0.2) is 0 Å². The maximum atomic E-state index is 14.3. The molecule has 1 aromatic rings. The summed E-state index contributed by atoms with van der Waals surface area (Å²) in [6.07, 6.45) is 4.62. The molecular formula is C23H31FN4O3. The van der Waals surface area contributed by atoms with Crippen molar-refractivity contribution in [3.8, 4) is 0 Å². The number of imide groups is 1. The first-order valence-corrected chi connectivity index (χ1v) is 11.2. The van der Waals surface area contributed by atoms with Gasteiger partial charge in [-0.2, -0.15) is 0 Å². The van der Waals surface area contributed by atoms with Gasteiger partial charge in [0.25, 0.3) is 5.91 Å². The zero-order valence-electron chi connectivity index (χ0n) is 18.2. The number of urea groups is 1. The summed E-state index contributed by atoms with van der Waals surface area (Å²) in [6.45, 7) is 5.01. The van der Waals surface area contributed by atoms with E-state index >= 15 is 0 Å². The molecule has 2 heterocycles. The molecule has 4 amide bonds. The van der Waals surface area contributed by atoms with Crippen molar-refractivity contribution < 1.29 is 18.8 Å². The topological polar surface area (TPSA) is 81.8 Å². The monoisotopic (exact) mass is 430 g/mol. The molecule has 1 saturated carbocycles. The van der Waals surface area contributed by atoms with Crippen LogP contribution in [-0.4, -0.2) is 54.0 Å². The maximum absolute atomic E-state index is 14.3. The first-order chi connectivity index (χ1) is 14.8. The maximum Gasteiger partial charge on any atom is 0.325 e. The summed E-state index contributed by atoms with van der Waals surface area (Å²) in [7, 11) is 0. The third-order valence-electron chi connectivity index (χ3n) is 6.90. The lowest BCUT2D eigenvalue weighted by Crippen LogP contribution is -2.52. The predicted octanol–water partition coefficient (Wildman–Crippen LogP) is 2.72. The van der Waals surface area contributed by atoms with Crippen LogP contribution in [0.4, 0.5) is 14.9 Å². The second-order valence-electron chi connectivity index (χ2n) is 9.39. The van der Waals surface area contributed by atoms with E-state index in [1.54, 1.807) is 6.07 Å². The molecule has 7 nitrogen and oxygen atoms in total. The molecule has 1 atom stereocenters. The fourth-order valence-electron chi connectivity index (χ4n) is 5.01. The van der Waals surface area contributed by atoms with Crippen molar-refractivity contribution in [3.63, 3.8) is 0 Å². The van der Waals surface area contributed by atoms with Gasteiger partial charge in [-0.25, -0.2) is 9.18 Å². The number of rotatable bonds is 4. The van der Waals surface area contributed by atoms with Crippen LogP contribution in [0.2, 0.25) is 0 Å². The fraction of sp³-hybridized carbons (Fsp3) is 0.609. The number of aryl methyl sites for hydroxylation is 1. The van der Waals surface area contributed by atoms with Crippen LogP contribution in [-0.2, 0) is 9.59 Å². The van der Waals surface area contributed by atoms with Crippen LogP contribution in [0.25, 0.3) is 0 Å². The number of carbonyl (C=O) groups excluding carboxylic acids is 3. The van der Waals surface area contributed by atoms with Crippen molar-refractivity contribution >= 4 is 23.5 Å². The number of halogens is 1. The number of anilines is 1. The minimum atomic E-state index is -0.839.